The second kappa shape index (κ2) is 6.89. The van der Waals surface area contributed by atoms with Gasteiger partial charge in [-0.3, -0.25) is 4.79 Å². The van der Waals surface area contributed by atoms with Gasteiger partial charge in [-0.15, -0.1) is 0 Å². The average molecular weight is 435 g/mol. The molecule has 0 spiro atoms. The number of ether oxygens (including phenoxy) is 1. The molecule has 0 saturated carbocycles. The highest BCUT2D eigenvalue weighted by Crippen LogP contribution is 2.36. The molecule has 0 bridgehead atoms. The molecule has 1 aliphatic rings. The van der Waals surface area contributed by atoms with Crippen LogP contribution in [-0.4, -0.2) is 16.8 Å². The van der Waals surface area contributed by atoms with E-state index in [4.69, 9.17) is 17.0 Å². The molecule has 104 valence electrons. The molecule has 1 saturated heterocycles. The predicted octanol–water partition coefficient (Wildman–Crippen LogP) is 4.27. The van der Waals surface area contributed by atoms with Crippen LogP contribution in [0.25, 0.3) is 6.08 Å². The molecule has 1 heterocycles. The smallest absolute Gasteiger partial charge is 0.263 e. The Kier molecular flexibility index (Phi) is 5.42. The fourth-order valence-electron chi connectivity index (χ4n) is 1.54. The van der Waals surface area contributed by atoms with Gasteiger partial charge in [-0.2, -0.15) is 0 Å². The third-order valence-electron chi connectivity index (χ3n) is 2.31. The quantitative estimate of drug-likeness (QED) is 0.436. The van der Waals surface area contributed by atoms with Gasteiger partial charge < -0.3 is 10.1 Å². The summed E-state index contributed by atoms with van der Waals surface area (Å²) in [4.78, 5) is 12.3. The Labute approximate surface area is 143 Å². The van der Waals surface area contributed by atoms with E-state index in [2.05, 4.69) is 43.8 Å². The minimum absolute atomic E-state index is 0.189. The summed E-state index contributed by atoms with van der Waals surface area (Å²) < 4.78 is 7.78. The number of halogens is 2. The summed E-state index contributed by atoms with van der Waals surface area (Å²) in [6, 6.07) is 3.76. The van der Waals surface area contributed by atoms with E-state index in [1.54, 1.807) is 12.2 Å². The summed E-state index contributed by atoms with van der Waals surface area (Å²) in [6.45, 7) is 4.01. The predicted molar refractivity (Wildman–Crippen MR) is 93.8 cm³/mol. The van der Waals surface area contributed by atoms with Crippen molar-refractivity contribution in [2.24, 2.45) is 0 Å². The lowest BCUT2D eigenvalue weighted by atomic mass is 10.2. The second-order valence-corrected chi connectivity index (χ2v) is 7.25. The van der Waals surface area contributed by atoms with Crippen molar-refractivity contribution in [1.29, 1.82) is 0 Å². The van der Waals surface area contributed by atoms with Crippen LogP contribution in [0.4, 0.5) is 0 Å². The van der Waals surface area contributed by atoms with Crippen LogP contribution in [0.15, 0.2) is 38.6 Å². The first-order valence-electron chi connectivity index (χ1n) is 5.49. The Hall–Kier alpha value is -0.630. The van der Waals surface area contributed by atoms with Gasteiger partial charge in [0.25, 0.3) is 5.91 Å². The van der Waals surface area contributed by atoms with Gasteiger partial charge in [0.05, 0.1) is 9.38 Å². The number of thioether (sulfide) groups is 1. The number of amides is 1. The van der Waals surface area contributed by atoms with Crippen molar-refractivity contribution in [2.45, 2.75) is 0 Å². The van der Waals surface area contributed by atoms with Gasteiger partial charge in [-0.25, -0.2) is 0 Å². The zero-order valence-corrected chi connectivity index (χ0v) is 14.9. The maximum atomic E-state index is 11.7. The molecular weight excluding hydrogens is 426 g/mol. The first kappa shape index (κ1) is 15.8. The average Bonchev–Trinajstić information content (AvgIpc) is 2.66. The molecule has 1 aromatic rings. The molecule has 1 aromatic carbocycles. The van der Waals surface area contributed by atoms with Gasteiger partial charge in [0.1, 0.15) is 16.7 Å². The summed E-state index contributed by atoms with van der Waals surface area (Å²) in [5.74, 6) is 0.470. The molecule has 1 fully saturated rings. The van der Waals surface area contributed by atoms with Crippen molar-refractivity contribution in [3.63, 3.8) is 0 Å². The largest absolute Gasteiger partial charge is 0.488 e. The highest BCUT2D eigenvalue weighted by Gasteiger charge is 2.23. The number of carbonyl (C=O) groups excluding carboxylic acids is 1. The Morgan fingerprint density at radius 2 is 2.20 bits per heavy atom. The first-order chi connectivity index (χ1) is 9.51. The number of carbonyl (C=O) groups is 1. The van der Waals surface area contributed by atoms with Crippen LogP contribution in [0.5, 0.6) is 5.75 Å². The zero-order chi connectivity index (χ0) is 14.7. The molecule has 0 atom stereocenters. The summed E-state index contributed by atoms with van der Waals surface area (Å²) in [5, 5.41) is 2.59. The normalized spacial score (nSPS) is 16.4. The fourth-order valence-corrected chi connectivity index (χ4v) is 3.95. The van der Waals surface area contributed by atoms with Crippen molar-refractivity contribution < 1.29 is 9.53 Å². The number of hydrogen-bond acceptors (Lipinski definition) is 4. The minimum Gasteiger partial charge on any atom is -0.488 e. The molecule has 0 aliphatic carbocycles. The summed E-state index contributed by atoms with van der Waals surface area (Å²) in [7, 11) is 0. The van der Waals surface area contributed by atoms with Gasteiger partial charge in [0, 0.05) is 10.0 Å². The summed E-state index contributed by atoms with van der Waals surface area (Å²) in [6.07, 6.45) is 3.42. The Morgan fingerprint density at radius 3 is 2.80 bits per heavy atom. The van der Waals surface area contributed by atoms with Crippen molar-refractivity contribution >= 4 is 72.1 Å². The Bertz CT molecular complexity index is 629. The molecule has 0 aromatic heterocycles. The van der Waals surface area contributed by atoms with Gasteiger partial charge in [0.2, 0.25) is 0 Å². The molecule has 20 heavy (non-hydrogen) atoms. The van der Waals surface area contributed by atoms with Crippen LogP contribution < -0.4 is 10.1 Å². The zero-order valence-electron chi connectivity index (χ0n) is 10.1. The molecule has 0 radical (unpaired) electrons. The number of thiocarbonyl (C=S) groups is 1. The van der Waals surface area contributed by atoms with E-state index in [1.807, 2.05) is 12.1 Å². The van der Waals surface area contributed by atoms with Crippen LogP contribution in [-0.2, 0) is 4.79 Å². The van der Waals surface area contributed by atoms with Gasteiger partial charge in [-0.05, 0) is 34.1 Å². The lowest BCUT2D eigenvalue weighted by Crippen LogP contribution is -2.17. The molecule has 3 nitrogen and oxygen atoms in total. The number of rotatable bonds is 4. The van der Waals surface area contributed by atoms with E-state index >= 15 is 0 Å². The van der Waals surface area contributed by atoms with E-state index in [1.165, 1.54) is 11.8 Å². The van der Waals surface area contributed by atoms with Crippen molar-refractivity contribution in [1.82, 2.24) is 5.32 Å². The number of nitrogens with one attached hydrogen (secondary N) is 1. The maximum absolute atomic E-state index is 11.7. The monoisotopic (exact) mass is 433 g/mol. The maximum Gasteiger partial charge on any atom is 0.263 e. The van der Waals surface area contributed by atoms with Crippen LogP contribution >= 0.6 is 55.8 Å². The van der Waals surface area contributed by atoms with E-state index in [-0.39, 0.29) is 5.91 Å². The molecule has 2 rings (SSSR count). The Balaban J connectivity index is 2.44. The highest BCUT2D eigenvalue weighted by molar-refractivity contribution is 9.11. The molecule has 1 N–H and O–H groups in total. The van der Waals surface area contributed by atoms with Crippen LogP contribution in [0, 0.1) is 0 Å². The molecular formula is C13H9Br2NO2S2. The highest BCUT2D eigenvalue weighted by atomic mass is 79.9. The van der Waals surface area contributed by atoms with Gasteiger partial charge in [-0.1, -0.05) is 52.6 Å². The van der Waals surface area contributed by atoms with E-state index < -0.39 is 0 Å². The standard InChI is InChI=1S/C13H9Br2NO2S2/c1-2-3-18-11-7(4-8(14)6-9(11)15)5-10-12(17)16-13(19)20-10/h2,4-6H,1,3H2,(H,16,17,19)/b10-5+. The first-order valence-corrected chi connectivity index (χ1v) is 8.30. The molecule has 1 amide bonds. The third-order valence-corrected chi connectivity index (χ3v) is 4.52. The third kappa shape index (κ3) is 3.72. The van der Waals surface area contributed by atoms with Crippen LogP contribution in [0.1, 0.15) is 5.56 Å². The topological polar surface area (TPSA) is 38.3 Å². The van der Waals surface area contributed by atoms with Gasteiger partial charge >= 0.3 is 0 Å². The van der Waals surface area contributed by atoms with Crippen molar-refractivity contribution in [3.05, 3.63) is 44.2 Å². The fraction of sp³-hybridized carbons (Fsp3) is 0.0769. The van der Waals surface area contributed by atoms with Crippen molar-refractivity contribution in [3.8, 4) is 5.75 Å². The number of hydrogen-bond donors (Lipinski definition) is 1. The number of benzene rings is 1. The minimum atomic E-state index is -0.189. The van der Waals surface area contributed by atoms with Crippen molar-refractivity contribution in [2.75, 3.05) is 6.61 Å². The SMILES string of the molecule is C=CCOc1c(Br)cc(Br)cc1/C=C1/SC(=S)NC1=O. The Morgan fingerprint density at radius 1 is 1.45 bits per heavy atom. The van der Waals surface area contributed by atoms with Gasteiger partial charge in [0.15, 0.2) is 0 Å². The van der Waals surface area contributed by atoms with E-state index in [9.17, 15) is 4.79 Å². The summed E-state index contributed by atoms with van der Waals surface area (Å²) >= 11 is 13.1. The lowest BCUT2D eigenvalue weighted by Gasteiger charge is -2.11. The molecule has 1 aliphatic heterocycles. The molecule has 7 heteroatoms. The lowest BCUT2D eigenvalue weighted by molar-refractivity contribution is -0.115. The van der Waals surface area contributed by atoms with Crippen LogP contribution in [0.2, 0.25) is 0 Å². The second-order valence-electron chi connectivity index (χ2n) is 3.76. The summed E-state index contributed by atoms with van der Waals surface area (Å²) in [5.41, 5.74) is 0.787. The van der Waals surface area contributed by atoms with Crippen LogP contribution in [0.3, 0.4) is 0 Å². The molecule has 0 unspecified atom stereocenters. The van der Waals surface area contributed by atoms with E-state index in [0.717, 1.165) is 14.5 Å². The van der Waals surface area contributed by atoms with E-state index in [0.29, 0.717) is 21.6 Å².